The maximum Gasteiger partial charge on any atom is 0.390 e. The summed E-state index contributed by atoms with van der Waals surface area (Å²) in [7, 11) is -1.79. The second kappa shape index (κ2) is 10.2. The number of amides is 1. The largest absolute Gasteiger partial charge is 0.390 e. The second-order valence-corrected chi connectivity index (χ2v) is 8.90. The number of alkyl halides is 3. The fourth-order valence-electron chi connectivity index (χ4n) is 2.29. The summed E-state index contributed by atoms with van der Waals surface area (Å²) in [5, 5.41) is 11.3. The molecule has 1 aliphatic heterocycles. The minimum atomic E-state index is -4.39. The Bertz CT molecular complexity index is 877. The number of carbonyl (C=O) groups excluding carboxylic acids is 1. The lowest BCUT2D eigenvalue weighted by Gasteiger charge is -2.18. The Morgan fingerprint density at radius 1 is 1.48 bits per heavy atom. The van der Waals surface area contributed by atoms with E-state index in [2.05, 4.69) is 10.9 Å². The number of allylic oxidation sites excluding steroid dienone is 2. The van der Waals surface area contributed by atoms with Crippen LogP contribution in [0, 0.1) is 12.3 Å². The highest BCUT2D eigenvalue weighted by atomic mass is 35.5. The van der Waals surface area contributed by atoms with Crippen LogP contribution in [0.5, 0.6) is 0 Å². The van der Waals surface area contributed by atoms with Crippen molar-refractivity contribution in [3.05, 3.63) is 28.5 Å². The standard InChI is InChI=1S/C17H17ClF3N3O3S2/c1-2-7-24(13(25)5-9-29(27)10-6-17(19,20)21)16-14(18)22-15(28-16)12-4-3-8-23(26)11-12/h1,3-4,11,26H,5-10H2. The Morgan fingerprint density at radius 3 is 2.83 bits per heavy atom. The van der Waals surface area contributed by atoms with Crippen LogP contribution < -0.4 is 4.90 Å². The van der Waals surface area contributed by atoms with Gasteiger partial charge in [0.2, 0.25) is 5.91 Å². The molecule has 1 unspecified atom stereocenters. The highest BCUT2D eigenvalue weighted by molar-refractivity contribution is 7.84. The molecule has 29 heavy (non-hydrogen) atoms. The van der Waals surface area contributed by atoms with Crippen molar-refractivity contribution in [1.82, 2.24) is 10.0 Å². The maximum atomic E-state index is 12.5. The van der Waals surface area contributed by atoms with E-state index in [0.717, 1.165) is 16.4 Å². The predicted octanol–water partition coefficient (Wildman–Crippen LogP) is 3.46. The van der Waals surface area contributed by atoms with Crippen LogP contribution >= 0.6 is 22.9 Å². The number of nitrogens with zero attached hydrogens (tertiary/aromatic N) is 3. The molecule has 1 N–H and O–H groups in total. The highest BCUT2D eigenvalue weighted by Gasteiger charge is 2.28. The van der Waals surface area contributed by atoms with Gasteiger partial charge in [-0.2, -0.15) is 13.2 Å². The van der Waals surface area contributed by atoms with Crippen LogP contribution in [0.4, 0.5) is 18.2 Å². The molecule has 6 nitrogen and oxygen atoms in total. The Kier molecular flexibility index (Phi) is 8.27. The lowest BCUT2D eigenvalue weighted by Crippen LogP contribution is -2.32. The van der Waals surface area contributed by atoms with Crippen LogP contribution in [-0.2, 0) is 15.6 Å². The molecule has 0 aromatic carbocycles. The topological polar surface area (TPSA) is 73.7 Å². The summed E-state index contributed by atoms with van der Waals surface area (Å²) >= 11 is 7.24. The zero-order chi connectivity index (χ0) is 21.6. The van der Waals surface area contributed by atoms with E-state index >= 15 is 0 Å². The fourth-order valence-corrected chi connectivity index (χ4v) is 4.67. The summed E-state index contributed by atoms with van der Waals surface area (Å²) < 4.78 is 48.4. The van der Waals surface area contributed by atoms with Gasteiger partial charge in [0.25, 0.3) is 0 Å². The summed E-state index contributed by atoms with van der Waals surface area (Å²) in [4.78, 5) is 17.9. The number of halogens is 4. The maximum absolute atomic E-state index is 12.5. The predicted molar refractivity (Wildman–Crippen MR) is 107 cm³/mol. The van der Waals surface area contributed by atoms with Gasteiger partial charge in [-0.1, -0.05) is 41.0 Å². The number of hydrogen-bond donors (Lipinski definition) is 1. The van der Waals surface area contributed by atoms with Gasteiger partial charge in [-0.25, -0.2) is 4.98 Å². The number of hydroxylamine groups is 2. The summed E-state index contributed by atoms with van der Waals surface area (Å²) in [6.07, 6.45) is 4.42. The molecule has 12 heteroatoms. The molecule has 0 aliphatic carbocycles. The van der Waals surface area contributed by atoms with Crippen LogP contribution in [0.25, 0.3) is 5.57 Å². The number of terminal acetylenes is 1. The number of anilines is 1. The zero-order valence-electron chi connectivity index (χ0n) is 15.0. The highest BCUT2D eigenvalue weighted by Crippen LogP contribution is 2.37. The van der Waals surface area contributed by atoms with Gasteiger partial charge >= 0.3 is 6.18 Å². The van der Waals surface area contributed by atoms with Crippen LogP contribution in [0.15, 0.2) is 18.4 Å². The van der Waals surface area contributed by atoms with Crippen molar-refractivity contribution in [3.63, 3.8) is 0 Å². The Morgan fingerprint density at radius 2 is 2.21 bits per heavy atom. The molecule has 1 aromatic rings. The van der Waals surface area contributed by atoms with Crippen molar-refractivity contribution >= 4 is 50.2 Å². The monoisotopic (exact) mass is 467 g/mol. The fraction of sp³-hybridized carbons (Fsp3) is 0.412. The number of hydrogen-bond acceptors (Lipinski definition) is 6. The van der Waals surface area contributed by atoms with E-state index in [4.69, 9.17) is 18.0 Å². The number of aromatic nitrogens is 1. The lowest BCUT2D eigenvalue weighted by molar-refractivity contribution is -0.129. The first-order chi connectivity index (χ1) is 13.6. The molecule has 1 atom stereocenters. The molecule has 0 bridgehead atoms. The van der Waals surface area contributed by atoms with E-state index in [1.54, 1.807) is 12.2 Å². The number of rotatable bonds is 8. The van der Waals surface area contributed by atoms with Gasteiger partial charge in [-0.05, 0) is 0 Å². The van der Waals surface area contributed by atoms with E-state index in [1.807, 2.05) is 0 Å². The molecule has 0 spiro atoms. The molecule has 0 radical (unpaired) electrons. The summed E-state index contributed by atoms with van der Waals surface area (Å²) in [6, 6.07) is 0. The molecule has 2 rings (SSSR count). The summed E-state index contributed by atoms with van der Waals surface area (Å²) in [6.45, 7) is 0.193. The van der Waals surface area contributed by atoms with E-state index < -0.39 is 35.1 Å². The van der Waals surface area contributed by atoms with E-state index in [-0.39, 0.29) is 28.9 Å². The third-order valence-electron chi connectivity index (χ3n) is 3.65. The zero-order valence-corrected chi connectivity index (χ0v) is 17.4. The first kappa shape index (κ1) is 23.4. The second-order valence-electron chi connectivity index (χ2n) is 5.87. The van der Waals surface area contributed by atoms with Crippen LogP contribution in [0.2, 0.25) is 5.15 Å². The van der Waals surface area contributed by atoms with E-state index in [0.29, 0.717) is 17.1 Å². The molecular weight excluding hydrogens is 451 g/mol. The van der Waals surface area contributed by atoms with Gasteiger partial charge in [0.1, 0.15) is 10.0 Å². The van der Waals surface area contributed by atoms with Crippen molar-refractivity contribution < 1.29 is 27.4 Å². The molecule has 2 heterocycles. The van der Waals surface area contributed by atoms with Crippen molar-refractivity contribution in [2.45, 2.75) is 19.0 Å². The van der Waals surface area contributed by atoms with Gasteiger partial charge in [0, 0.05) is 40.5 Å². The molecule has 0 saturated carbocycles. The number of thiazole rings is 1. The van der Waals surface area contributed by atoms with Crippen molar-refractivity contribution in [1.29, 1.82) is 0 Å². The van der Waals surface area contributed by atoms with E-state index in [9.17, 15) is 27.4 Å². The average Bonchev–Trinajstić information content (AvgIpc) is 3.03. The molecule has 0 fully saturated rings. The van der Waals surface area contributed by atoms with Crippen molar-refractivity contribution in [2.75, 3.05) is 29.5 Å². The quantitative estimate of drug-likeness (QED) is 0.593. The first-order valence-electron chi connectivity index (χ1n) is 8.27. The SMILES string of the molecule is C#CCN(C(=O)CCS(=O)CCC(F)(F)F)c1sc(C2=CN(O)CC=C2)nc1Cl. The van der Waals surface area contributed by atoms with Gasteiger partial charge in [0.15, 0.2) is 5.15 Å². The Balaban J connectivity index is 2.09. The van der Waals surface area contributed by atoms with Crippen LogP contribution in [-0.4, -0.2) is 56.1 Å². The van der Waals surface area contributed by atoms with E-state index in [1.165, 1.54) is 11.1 Å². The van der Waals surface area contributed by atoms with Gasteiger partial charge < -0.3 is 0 Å². The molecule has 158 valence electrons. The summed E-state index contributed by atoms with van der Waals surface area (Å²) in [5.41, 5.74) is 0.582. The van der Waals surface area contributed by atoms with Crippen LogP contribution in [0.3, 0.4) is 0 Å². The van der Waals surface area contributed by atoms with Gasteiger partial charge in [-0.15, -0.1) is 6.42 Å². The molecule has 1 aliphatic rings. The minimum absolute atomic E-state index is 0.0242. The third kappa shape index (κ3) is 7.15. The van der Waals surface area contributed by atoms with Crippen molar-refractivity contribution in [2.24, 2.45) is 0 Å². The van der Waals surface area contributed by atoms with Gasteiger partial charge in [-0.3, -0.25) is 24.2 Å². The molecule has 1 aromatic heterocycles. The van der Waals surface area contributed by atoms with Gasteiger partial charge in [0.05, 0.1) is 19.5 Å². The molecule has 1 amide bonds. The van der Waals surface area contributed by atoms with Crippen LogP contribution in [0.1, 0.15) is 17.8 Å². The first-order valence-corrected chi connectivity index (χ1v) is 10.9. The average molecular weight is 468 g/mol. The smallest absolute Gasteiger partial charge is 0.289 e. The normalized spacial score (nSPS) is 15.0. The lowest BCUT2D eigenvalue weighted by atomic mass is 10.2. The number of carbonyl (C=O) groups is 1. The third-order valence-corrected chi connectivity index (χ3v) is 6.47. The molecule has 0 saturated heterocycles. The summed E-state index contributed by atoms with van der Waals surface area (Å²) in [5.74, 6) is 1.03. The Hall–Kier alpha value is -1.87. The minimum Gasteiger partial charge on any atom is -0.289 e. The van der Waals surface area contributed by atoms with Crippen molar-refractivity contribution in [3.8, 4) is 12.3 Å². The molecular formula is C17H17ClF3N3O3S2. The Labute approximate surface area is 177 Å².